The quantitative estimate of drug-likeness (QED) is 0.920. The SMILES string of the molecule is CC1(CN)CCN(S(=O)(=O)c2cc(F)ccc2F)C1.Cl. The van der Waals surface area contributed by atoms with Gasteiger partial charge in [-0.1, -0.05) is 6.92 Å². The van der Waals surface area contributed by atoms with Gasteiger partial charge in [-0.15, -0.1) is 12.4 Å². The Kier molecular flexibility index (Phi) is 5.13. The molecule has 0 bridgehead atoms. The van der Waals surface area contributed by atoms with Crippen LogP contribution in [0.5, 0.6) is 0 Å². The predicted molar refractivity (Wildman–Crippen MR) is 74.1 cm³/mol. The molecule has 20 heavy (non-hydrogen) atoms. The van der Waals surface area contributed by atoms with Gasteiger partial charge in [-0.25, -0.2) is 17.2 Å². The summed E-state index contributed by atoms with van der Waals surface area (Å²) in [6.07, 6.45) is 0.611. The van der Waals surface area contributed by atoms with Crippen LogP contribution in [-0.2, 0) is 10.0 Å². The summed E-state index contributed by atoms with van der Waals surface area (Å²) in [5, 5.41) is 0. The zero-order chi connectivity index (χ0) is 14.3. The van der Waals surface area contributed by atoms with Crippen LogP contribution in [0.1, 0.15) is 13.3 Å². The molecule has 1 atom stereocenters. The topological polar surface area (TPSA) is 63.4 Å². The van der Waals surface area contributed by atoms with Gasteiger partial charge >= 0.3 is 0 Å². The Morgan fingerprint density at radius 1 is 1.40 bits per heavy atom. The second kappa shape index (κ2) is 5.93. The smallest absolute Gasteiger partial charge is 0.246 e. The normalized spacial score (nSPS) is 23.6. The highest BCUT2D eigenvalue weighted by molar-refractivity contribution is 7.89. The Morgan fingerprint density at radius 2 is 2.05 bits per heavy atom. The molecule has 1 saturated heterocycles. The highest BCUT2D eigenvalue weighted by Crippen LogP contribution is 2.33. The lowest BCUT2D eigenvalue weighted by molar-refractivity contribution is 0.349. The largest absolute Gasteiger partial charge is 0.330 e. The molecule has 2 rings (SSSR count). The van der Waals surface area contributed by atoms with Crippen molar-refractivity contribution < 1.29 is 17.2 Å². The Bertz CT molecular complexity index is 597. The fourth-order valence-corrected chi connectivity index (χ4v) is 3.83. The van der Waals surface area contributed by atoms with E-state index in [9.17, 15) is 17.2 Å². The van der Waals surface area contributed by atoms with E-state index in [-0.39, 0.29) is 30.9 Å². The van der Waals surface area contributed by atoms with E-state index in [0.29, 0.717) is 19.0 Å². The van der Waals surface area contributed by atoms with Gasteiger partial charge in [-0.2, -0.15) is 4.31 Å². The van der Waals surface area contributed by atoms with Crippen molar-refractivity contribution in [3.8, 4) is 0 Å². The van der Waals surface area contributed by atoms with E-state index in [1.165, 1.54) is 0 Å². The fourth-order valence-electron chi connectivity index (χ4n) is 2.16. The molecule has 8 heteroatoms. The Balaban J connectivity index is 0.00000200. The standard InChI is InChI=1S/C12H16F2N2O2S.ClH/c1-12(7-15)4-5-16(8-12)19(17,18)11-6-9(13)2-3-10(11)14;/h2-3,6H,4-5,7-8,15H2,1H3;1H. The molecule has 0 amide bonds. The van der Waals surface area contributed by atoms with Crippen molar-refractivity contribution in [3.05, 3.63) is 29.8 Å². The lowest BCUT2D eigenvalue weighted by Gasteiger charge is -2.22. The number of hydrogen-bond donors (Lipinski definition) is 1. The summed E-state index contributed by atoms with van der Waals surface area (Å²) in [5.74, 6) is -1.72. The van der Waals surface area contributed by atoms with Crippen molar-refractivity contribution in [2.45, 2.75) is 18.2 Å². The third kappa shape index (κ3) is 3.11. The van der Waals surface area contributed by atoms with Crippen LogP contribution in [0.2, 0.25) is 0 Å². The third-order valence-corrected chi connectivity index (χ3v) is 5.39. The second-order valence-corrected chi connectivity index (χ2v) is 7.08. The summed E-state index contributed by atoms with van der Waals surface area (Å²) in [5.41, 5.74) is 5.30. The van der Waals surface area contributed by atoms with Gasteiger partial charge in [-0.3, -0.25) is 0 Å². The number of hydrogen-bond acceptors (Lipinski definition) is 3. The average molecular weight is 327 g/mol. The van der Waals surface area contributed by atoms with Crippen LogP contribution in [-0.4, -0.2) is 32.4 Å². The molecule has 1 aliphatic rings. The van der Waals surface area contributed by atoms with Crippen molar-refractivity contribution >= 4 is 22.4 Å². The molecule has 1 fully saturated rings. The molecule has 1 aliphatic heterocycles. The van der Waals surface area contributed by atoms with Gasteiger partial charge in [0.25, 0.3) is 0 Å². The Morgan fingerprint density at radius 3 is 2.60 bits per heavy atom. The molecule has 1 aromatic carbocycles. The maximum Gasteiger partial charge on any atom is 0.246 e. The van der Waals surface area contributed by atoms with Crippen molar-refractivity contribution in [3.63, 3.8) is 0 Å². The van der Waals surface area contributed by atoms with Crippen LogP contribution >= 0.6 is 12.4 Å². The maximum atomic E-state index is 13.6. The lowest BCUT2D eigenvalue weighted by Crippen LogP contribution is -2.34. The minimum absolute atomic E-state index is 0. The predicted octanol–water partition coefficient (Wildman–Crippen LogP) is 1.75. The van der Waals surface area contributed by atoms with Crippen molar-refractivity contribution in [2.24, 2.45) is 11.1 Å². The van der Waals surface area contributed by atoms with Crippen LogP contribution in [0.3, 0.4) is 0 Å². The summed E-state index contributed by atoms with van der Waals surface area (Å²) in [7, 11) is -4.01. The minimum Gasteiger partial charge on any atom is -0.330 e. The second-order valence-electron chi connectivity index (χ2n) is 5.18. The van der Waals surface area contributed by atoms with E-state index in [4.69, 9.17) is 5.73 Å². The molecule has 0 spiro atoms. The Labute approximate surface area is 123 Å². The molecule has 1 heterocycles. The highest BCUT2D eigenvalue weighted by Gasteiger charge is 2.39. The van der Waals surface area contributed by atoms with E-state index in [1.807, 2.05) is 6.92 Å². The first-order chi connectivity index (χ1) is 8.78. The van der Waals surface area contributed by atoms with Gasteiger partial charge in [-0.05, 0) is 36.6 Å². The van der Waals surface area contributed by atoms with E-state index in [0.717, 1.165) is 16.4 Å². The first-order valence-corrected chi connectivity index (χ1v) is 7.38. The molecule has 1 aromatic rings. The molecule has 0 aliphatic carbocycles. The summed E-state index contributed by atoms with van der Waals surface area (Å²) in [4.78, 5) is -0.617. The van der Waals surface area contributed by atoms with Gasteiger partial charge in [0, 0.05) is 13.1 Å². The van der Waals surface area contributed by atoms with E-state index in [2.05, 4.69) is 0 Å². The maximum absolute atomic E-state index is 13.6. The van der Waals surface area contributed by atoms with Gasteiger partial charge in [0.05, 0.1) is 0 Å². The summed E-state index contributed by atoms with van der Waals surface area (Å²) < 4.78 is 52.5. The molecule has 2 N–H and O–H groups in total. The van der Waals surface area contributed by atoms with Crippen molar-refractivity contribution in [2.75, 3.05) is 19.6 Å². The Hall–Kier alpha value is -0.760. The molecular formula is C12H17ClF2N2O2S. The molecule has 4 nitrogen and oxygen atoms in total. The van der Waals surface area contributed by atoms with Crippen LogP contribution in [0.4, 0.5) is 8.78 Å². The number of rotatable bonds is 3. The summed E-state index contributed by atoms with van der Waals surface area (Å²) in [6.45, 7) is 2.73. The molecule has 0 aromatic heterocycles. The number of halogens is 3. The number of nitrogens with zero attached hydrogens (tertiary/aromatic N) is 1. The monoisotopic (exact) mass is 326 g/mol. The lowest BCUT2D eigenvalue weighted by atomic mass is 9.90. The molecular weight excluding hydrogens is 310 g/mol. The van der Waals surface area contributed by atoms with E-state index < -0.39 is 26.6 Å². The van der Waals surface area contributed by atoms with Crippen LogP contribution in [0, 0.1) is 17.0 Å². The number of nitrogens with two attached hydrogens (primary N) is 1. The molecule has 114 valence electrons. The van der Waals surface area contributed by atoms with Gasteiger partial charge < -0.3 is 5.73 Å². The first-order valence-electron chi connectivity index (χ1n) is 5.94. The third-order valence-electron chi connectivity index (χ3n) is 3.53. The number of benzene rings is 1. The van der Waals surface area contributed by atoms with Crippen molar-refractivity contribution in [1.29, 1.82) is 0 Å². The van der Waals surface area contributed by atoms with Gasteiger partial charge in [0.15, 0.2) is 0 Å². The van der Waals surface area contributed by atoms with Crippen LogP contribution < -0.4 is 5.73 Å². The van der Waals surface area contributed by atoms with Crippen LogP contribution in [0.25, 0.3) is 0 Å². The minimum atomic E-state index is -4.01. The molecule has 1 unspecified atom stereocenters. The van der Waals surface area contributed by atoms with Gasteiger partial charge in [0.2, 0.25) is 10.0 Å². The highest BCUT2D eigenvalue weighted by atomic mass is 35.5. The van der Waals surface area contributed by atoms with Crippen LogP contribution in [0.15, 0.2) is 23.1 Å². The van der Waals surface area contributed by atoms with Crippen molar-refractivity contribution in [1.82, 2.24) is 4.31 Å². The first kappa shape index (κ1) is 17.3. The number of sulfonamides is 1. The zero-order valence-electron chi connectivity index (χ0n) is 11.0. The van der Waals surface area contributed by atoms with Gasteiger partial charge in [0.1, 0.15) is 16.5 Å². The molecule has 0 radical (unpaired) electrons. The molecule has 0 saturated carbocycles. The average Bonchev–Trinajstić information content (AvgIpc) is 2.76. The van der Waals surface area contributed by atoms with E-state index >= 15 is 0 Å². The van der Waals surface area contributed by atoms with E-state index in [1.54, 1.807) is 0 Å². The summed E-state index contributed by atoms with van der Waals surface area (Å²) in [6, 6.07) is 2.42. The zero-order valence-corrected chi connectivity index (χ0v) is 12.6. The summed E-state index contributed by atoms with van der Waals surface area (Å²) >= 11 is 0. The fraction of sp³-hybridized carbons (Fsp3) is 0.500.